The Labute approximate surface area is 71.0 Å². The highest BCUT2D eigenvalue weighted by molar-refractivity contribution is 5.72. The summed E-state index contributed by atoms with van der Waals surface area (Å²) >= 11 is 0. The maximum Gasteiger partial charge on any atom is 0.0343 e. The van der Waals surface area contributed by atoms with Crippen LogP contribution in [0.4, 0.5) is 0 Å². The summed E-state index contributed by atoms with van der Waals surface area (Å²) in [5.41, 5.74) is 0. The molecule has 1 aromatic rings. The van der Waals surface area contributed by atoms with Crippen molar-refractivity contribution >= 4 is 18.5 Å². The van der Waals surface area contributed by atoms with Crippen molar-refractivity contribution in [2.24, 2.45) is 10.9 Å². The molecule has 1 aliphatic heterocycles. The first-order chi connectivity index (χ1) is 5.86. The Morgan fingerprint density at radius 3 is 3.17 bits per heavy atom. The van der Waals surface area contributed by atoms with Gasteiger partial charge in [0.2, 0.25) is 0 Å². The van der Waals surface area contributed by atoms with Gasteiger partial charge in [-0.3, -0.25) is 9.98 Å². The highest BCUT2D eigenvalue weighted by Crippen LogP contribution is 1.93. The molecule has 12 heavy (non-hydrogen) atoms. The molecule has 0 fully saturated rings. The second-order valence-electron chi connectivity index (χ2n) is 2.96. The Morgan fingerprint density at radius 1 is 1.33 bits per heavy atom. The fourth-order valence-electron chi connectivity index (χ4n) is 1.26. The van der Waals surface area contributed by atoms with Gasteiger partial charge in [-0.1, -0.05) is 13.0 Å². The highest BCUT2D eigenvalue weighted by atomic mass is 14.7. The molecule has 0 N–H and O–H groups in total. The minimum Gasteiger partial charge on any atom is -0.268 e. The SMILES string of the molecule is CC1C=NC=c2ccncc2=C1. The molecule has 1 aliphatic rings. The zero-order valence-electron chi connectivity index (χ0n) is 6.94. The van der Waals surface area contributed by atoms with Crippen molar-refractivity contribution in [2.45, 2.75) is 6.92 Å². The number of hydrogen-bond donors (Lipinski definition) is 0. The van der Waals surface area contributed by atoms with Crippen LogP contribution >= 0.6 is 0 Å². The van der Waals surface area contributed by atoms with E-state index in [1.165, 1.54) is 5.22 Å². The summed E-state index contributed by atoms with van der Waals surface area (Å²) in [6, 6.07) is 1.97. The maximum atomic E-state index is 4.18. The molecule has 0 saturated heterocycles. The monoisotopic (exact) mass is 158 g/mol. The first kappa shape index (κ1) is 7.22. The fourth-order valence-corrected chi connectivity index (χ4v) is 1.26. The first-order valence-electron chi connectivity index (χ1n) is 4.01. The molecule has 1 aromatic heterocycles. The van der Waals surface area contributed by atoms with E-state index in [1.54, 1.807) is 6.20 Å². The van der Waals surface area contributed by atoms with E-state index in [9.17, 15) is 0 Å². The molecule has 0 aliphatic carbocycles. The molecule has 1 unspecified atom stereocenters. The molecule has 2 heterocycles. The van der Waals surface area contributed by atoms with Crippen LogP contribution in [-0.2, 0) is 0 Å². The molecule has 2 heteroatoms. The third-order valence-corrected chi connectivity index (χ3v) is 1.86. The van der Waals surface area contributed by atoms with Gasteiger partial charge in [0.1, 0.15) is 0 Å². The summed E-state index contributed by atoms with van der Waals surface area (Å²) < 4.78 is 0. The van der Waals surface area contributed by atoms with E-state index in [-0.39, 0.29) is 0 Å². The van der Waals surface area contributed by atoms with Crippen molar-refractivity contribution in [3.63, 3.8) is 0 Å². The van der Waals surface area contributed by atoms with Crippen molar-refractivity contribution in [3.8, 4) is 0 Å². The van der Waals surface area contributed by atoms with Gasteiger partial charge in [0.05, 0.1) is 0 Å². The third-order valence-electron chi connectivity index (χ3n) is 1.86. The lowest BCUT2D eigenvalue weighted by atomic mass is 10.1. The largest absolute Gasteiger partial charge is 0.268 e. The van der Waals surface area contributed by atoms with Gasteiger partial charge in [-0.15, -0.1) is 0 Å². The Morgan fingerprint density at radius 2 is 2.25 bits per heavy atom. The smallest absolute Gasteiger partial charge is 0.0343 e. The summed E-state index contributed by atoms with van der Waals surface area (Å²) in [4.78, 5) is 8.25. The van der Waals surface area contributed by atoms with Crippen LogP contribution in [0.2, 0.25) is 0 Å². The predicted molar refractivity (Wildman–Crippen MR) is 50.1 cm³/mol. The van der Waals surface area contributed by atoms with E-state index in [1.807, 2.05) is 24.7 Å². The quantitative estimate of drug-likeness (QED) is 0.534. The molecule has 1 atom stereocenters. The molecule has 0 radical (unpaired) electrons. The number of pyridine rings is 1. The van der Waals surface area contributed by atoms with Gasteiger partial charge in [-0.25, -0.2) is 0 Å². The van der Waals surface area contributed by atoms with Crippen molar-refractivity contribution in [2.75, 3.05) is 0 Å². The van der Waals surface area contributed by atoms with Gasteiger partial charge < -0.3 is 0 Å². The first-order valence-corrected chi connectivity index (χ1v) is 4.01. The predicted octanol–water partition coefficient (Wildman–Crippen LogP) is 0.321. The number of fused-ring (bicyclic) bond motifs is 1. The zero-order chi connectivity index (χ0) is 8.39. The summed E-state index contributed by atoms with van der Waals surface area (Å²) in [6.45, 7) is 2.11. The van der Waals surface area contributed by atoms with Gasteiger partial charge in [0.25, 0.3) is 0 Å². The average Bonchev–Trinajstić information content (AvgIpc) is 2.25. The molecule has 0 bridgehead atoms. The van der Waals surface area contributed by atoms with Gasteiger partial charge in [0.15, 0.2) is 0 Å². The molecule has 0 amide bonds. The number of rotatable bonds is 0. The lowest BCUT2D eigenvalue weighted by Gasteiger charge is -1.91. The summed E-state index contributed by atoms with van der Waals surface area (Å²) in [6.07, 6.45) is 9.62. The minimum atomic E-state index is 0.395. The van der Waals surface area contributed by atoms with Crippen LogP contribution in [0, 0.1) is 5.92 Å². The lowest BCUT2D eigenvalue weighted by molar-refractivity contribution is 1.08. The Hall–Kier alpha value is -1.44. The van der Waals surface area contributed by atoms with Crippen molar-refractivity contribution in [1.29, 1.82) is 0 Å². The third kappa shape index (κ3) is 1.28. The van der Waals surface area contributed by atoms with Gasteiger partial charge in [-0.05, 0) is 11.3 Å². The Balaban J connectivity index is 2.75. The fraction of sp³-hybridized carbons (Fsp3) is 0.200. The molecule has 2 nitrogen and oxygen atoms in total. The molecule has 60 valence electrons. The van der Waals surface area contributed by atoms with E-state index in [0.717, 1.165) is 5.22 Å². The van der Waals surface area contributed by atoms with Crippen molar-refractivity contribution in [3.05, 3.63) is 28.9 Å². The topological polar surface area (TPSA) is 25.2 Å². The molecule has 0 saturated carbocycles. The number of aliphatic imine (C=N–C) groups is 1. The van der Waals surface area contributed by atoms with E-state index in [0.29, 0.717) is 5.92 Å². The van der Waals surface area contributed by atoms with Gasteiger partial charge in [-0.2, -0.15) is 0 Å². The van der Waals surface area contributed by atoms with Gasteiger partial charge in [0, 0.05) is 35.9 Å². The zero-order valence-corrected chi connectivity index (χ0v) is 6.94. The van der Waals surface area contributed by atoms with E-state index >= 15 is 0 Å². The van der Waals surface area contributed by atoms with E-state index in [2.05, 4.69) is 23.0 Å². The summed E-state index contributed by atoms with van der Waals surface area (Å²) in [7, 11) is 0. The second-order valence-corrected chi connectivity index (χ2v) is 2.96. The second kappa shape index (κ2) is 2.89. The molecule has 2 rings (SSSR count). The van der Waals surface area contributed by atoms with Crippen LogP contribution in [0.25, 0.3) is 12.3 Å². The lowest BCUT2D eigenvalue weighted by Crippen LogP contribution is -2.24. The van der Waals surface area contributed by atoms with E-state index < -0.39 is 0 Å². The molecular formula is C10H10N2. The minimum absolute atomic E-state index is 0.395. The standard InChI is InChI=1S/C10H10N2/c1-8-4-10-7-11-3-2-9(10)6-12-5-8/h2-8H,1H3. The van der Waals surface area contributed by atoms with Crippen LogP contribution in [0.3, 0.4) is 0 Å². The summed E-state index contributed by atoms with van der Waals surface area (Å²) in [5, 5.41) is 2.31. The molecular weight excluding hydrogens is 148 g/mol. The van der Waals surface area contributed by atoms with Crippen LogP contribution in [0.5, 0.6) is 0 Å². The van der Waals surface area contributed by atoms with Crippen LogP contribution in [0.15, 0.2) is 23.5 Å². The van der Waals surface area contributed by atoms with Crippen molar-refractivity contribution in [1.82, 2.24) is 4.98 Å². The average molecular weight is 158 g/mol. The number of hydrogen-bond acceptors (Lipinski definition) is 2. The maximum absolute atomic E-state index is 4.18. The van der Waals surface area contributed by atoms with E-state index in [4.69, 9.17) is 0 Å². The Bertz CT molecular complexity index is 418. The van der Waals surface area contributed by atoms with Crippen molar-refractivity contribution < 1.29 is 0 Å². The normalized spacial score (nSPS) is 20.2. The summed E-state index contributed by atoms with van der Waals surface area (Å²) in [5.74, 6) is 0.395. The van der Waals surface area contributed by atoms with Gasteiger partial charge >= 0.3 is 0 Å². The Kier molecular flexibility index (Phi) is 1.74. The molecule has 0 spiro atoms. The number of aromatic nitrogens is 1. The highest BCUT2D eigenvalue weighted by Gasteiger charge is 1.94. The molecule has 0 aromatic carbocycles. The van der Waals surface area contributed by atoms with Crippen LogP contribution in [-0.4, -0.2) is 11.2 Å². The van der Waals surface area contributed by atoms with Crippen LogP contribution in [0.1, 0.15) is 6.92 Å². The number of nitrogens with zero attached hydrogens (tertiary/aromatic N) is 2. The van der Waals surface area contributed by atoms with Crippen LogP contribution < -0.4 is 10.4 Å².